The monoisotopic (exact) mass is 128 g/mol. The van der Waals surface area contributed by atoms with Gasteiger partial charge in [0.25, 0.3) is 0 Å². The van der Waals surface area contributed by atoms with E-state index in [9.17, 15) is 4.79 Å². The molecule has 1 aliphatic rings. The van der Waals surface area contributed by atoms with Crippen molar-refractivity contribution in [3.8, 4) is 0 Å². The van der Waals surface area contributed by atoms with Crippen LogP contribution in [-0.4, -0.2) is 18.6 Å². The van der Waals surface area contributed by atoms with Gasteiger partial charge in [-0.05, 0) is 6.92 Å². The molecule has 1 radical (unpaired) electrons. The largest absolute Gasteiger partial charge is 0.465 e. The van der Waals surface area contributed by atoms with E-state index >= 15 is 0 Å². The number of ether oxygens (including phenoxy) is 1. The third kappa shape index (κ3) is 1.42. The molecule has 2 atom stereocenters. The first kappa shape index (κ1) is 6.55. The molecule has 1 fully saturated rings. The first-order chi connectivity index (χ1) is 4.20. The van der Waals surface area contributed by atoms with Crippen molar-refractivity contribution in [2.24, 2.45) is 5.92 Å². The van der Waals surface area contributed by atoms with Crippen LogP contribution in [0.1, 0.15) is 13.3 Å². The van der Waals surface area contributed by atoms with Crippen molar-refractivity contribution in [1.82, 2.24) is 5.73 Å². The standard InChI is InChI=1S/C6H10NO2/c1-4(7)5-2-6(8)9-3-5/h4-5,7H,2-3H2,1H3. The zero-order valence-corrected chi connectivity index (χ0v) is 5.39. The predicted molar refractivity (Wildman–Crippen MR) is 31.6 cm³/mol. The lowest BCUT2D eigenvalue weighted by atomic mass is 10.0. The van der Waals surface area contributed by atoms with E-state index in [0.29, 0.717) is 13.0 Å². The van der Waals surface area contributed by atoms with Gasteiger partial charge in [0.05, 0.1) is 13.0 Å². The van der Waals surface area contributed by atoms with E-state index in [-0.39, 0.29) is 17.9 Å². The molecular formula is C6H10NO2. The summed E-state index contributed by atoms with van der Waals surface area (Å²) >= 11 is 0. The van der Waals surface area contributed by atoms with Crippen molar-refractivity contribution in [3.63, 3.8) is 0 Å². The summed E-state index contributed by atoms with van der Waals surface area (Å²) in [5, 5.41) is 0. The number of hydrogen-bond donors (Lipinski definition) is 0. The number of nitrogens with one attached hydrogen (secondary N) is 1. The molecule has 1 N–H and O–H groups in total. The molecule has 0 amide bonds. The average molecular weight is 128 g/mol. The van der Waals surface area contributed by atoms with E-state index < -0.39 is 0 Å². The summed E-state index contributed by atoms with van der Waals surface area (Å²) in [6.07, 6.45) is 0.435. The van der Waals surface area contributed by atoms with Gasteiger partial charge in [-0.3, -0.25) is 10.5 Å². The Morgan fingerprint density at radius 1 is 1.89 bits per heavy atom. The van der Waals surface area contributed by atoms with Crippen LogP contribution in [0, 0.1) is 5.92 Å². The Balaban J connectivity index is 2.39. The van der Waals surface area contributed by atoms with E-state index in [0.717, 1.165) is 0 Å². The van der Waals surface area contributed by atoms with Gasteiger partial charge >= 0.3 is 5.97 Å². The van der Waals surface area contributed by atoms with E-state index in [1.165, 1.54) is 0 Å². The topological polar surface area (TPSA) is 50.1 Å². The molecule has 0 aromatic carbocycles. The Morgan fingerprint density at radius 3 is 2.78 bits per heavy atom. The summed E-state index contributed by atoms with van der Waals surface area (Å²) in [5.74, 6) is -0.0170. The molecule has 0 aliphatic carbocycles. The van der Waals surface area contributed by atoms with Crippen LogP contribution in [0.4, 0.5) is 0 Å². The third-order valence-electron chi connectivity index (χ3n) is 1.59. The average Bonchev–Trinajstić information content (AvgIpc) is 2.14. The molecule has 2 unspecified atom stereocenters. The van der Waals surface area contributed by atoms with Crippen LogP contribution in [0.2, 0.25) is 0 Å². The molecule has 0 saturated carbocycles. The molecule has 3 nitrogen and oxygen atoms in total. The number of carbonyl (C=O) groups is 1. The molecule has 0 spiro atoms. The highest BCUT2D eigenvalue weighted by molar-refractivity contribution is 5.71. The van der Waals surface area contributed by atoms with E-state index in [4.69, 9.17) is 5.73 Å². The maximum Gasteiger partial charge on any atom is 0.306 e. The van der Waals surface area contributed by atoms with Gasteiger partial charge < -0.3 is 4.74 Å². The minimum Gasteiger partial charge on any atom is -0.465 e. The highest BCUT2D eigenvalue weighted by Crippen LogP contribution is 2.16. The van der Waals surface area contributed by atoms with Crippen molar-refractivity contribution < 1.29 is 9.53 Å². The van der Waals surface area contributed by atoms with Gasteiger partial charge in [0.1, 0.15) is 0 Å². The molecule has 0 bridgehead atoms. The first-order valence-corrected chi connectivity index (χ1v) is 3.07. The van der Waals surface area contributed by atoms with Gasteiger partial charge in [-0.25, -0.2) is 0 Å². The molecular weight excluding hydrogens is 118 g/mol. The van der Waals surface area contributed by atoms with Crippen LogP contribution in [0.15, 0.2) is 0 Å². The van der Waals surface area contributed by atoms with Crippen molar-refractivity contribution >= 4 is 5.97 Å². The summed E-state index contributed by atoms with van der Waals surface area (Å²) in [5.41, 5.74) is 7.23. The summed E-state index contributed by atoms with van der Waals surface area (Å²) in [6.45, 7) is 2.23. The van der Waals surface area contributed by atoms with Gasteiger partial charge in [-0.1, -0.05) is 0 Å². The zero-order chi connectivity index (χ0) is 6.85. The fraction of sp³-hybridized carbons (Fsp3) is 0.833. The lowest BCUT2D eigenvalue weighted by Gasteiger charge is -2.07. The highest BCUT2D eigenvalue weighted by Gasteiger charge is 2.26. The molecule has 1 rings (SSSR count). The van der Waals surface area contributed by atoms with Crippen LogP contribution in [-0.2, 0) is 9.53 Å². The maximum atomic E-state index is 10.5. The molecule has 1 aliphatic heterocycles. The molecule has 0 aromatic rings. The van der Waals surface area contributed by atoms with Crippen LogP contribution >= 0.6 is 0 Å². The second-order valence-corrected chi connectivity index (χ2v) is 2.44. The summed E-state index contributed by atoms with van der Waals surface area (Å²) in [7, 11) is 0. The Bertz CT molecular complexity index is 122. The molecule has 1 heterocycles. The molecule has 3 heteroatoms. The highest BCUT2D eigenvalue weighted by atomic mass is 16.5. The van der Waals surface area contributed by atoms with Gasteiger partial charge in [0.2, 0.25) is 0 Å². The third-order valence-corrected chi connectivity index (χ3v) is 1.59. The van der Waals surface area contributed by atoms with E-state index in [2.05, 4.69) is 4.74 Å². The smallest absolute Gasteiger partial charge is 0.306 e. The second kappa shape index (κ2) is 2.35. The van der Waals surface area contributed by atoms with Crippen LogP contribution in [0.5, 0.6) is 0 Å². The molecule has 9 heavy (non-hydrogen) atoms. The van der Waals surface area contributed by atoms with Gasteiger partial charge in [0, 0.05) is 12.0 Å². The van der Waals surface area contributed by atoms with Crippen LogP contribution in [0.3, 0.4) is 0 Å². The zero-order valence-electron chi connectivity index (χ0n) is 5.39. The summed E-state index contributed by atoms with van der Waals surface area (Å²) in [4.78, 5) is 10.5. The molecule has 0 aromatic heterocycles. The van der Waals surface area contributed by atoms with Gasteiger partial charge in [0.15, 0.2) is 0 Å². The predicted octanol–water partition coefficient (Wildman–Crippen LogP) is 0.221. The Hall–Kier alpha value is -0.570. The minimum atomic E-state index is -0.170. The molecule has 51 valence electrons. The number of carbonyl (C=O) groups excluding carboxylic acids is 1. The van der Waals surface area contributed by atoms with Crippen LogP contribution < -0.4 is 5.73 Å². The quantitative estimate of drug-likeness (QED) is 0.474. The number of hydrogen-bond acceptors (Lipinski definition) is 2. The van der Waals surface area contributed by atoms with Gasteiger partial charge in [-0.15, -0.1) is 0 Å². The van der Waals surface area contributed by atoms with Crippen LogP contribution in [0.25, 0.3) is 0 Å². The Labute approximate surface area is 54.2 Å². The SMILES string of the molecule is CC([NH])C1COC(=O)C1. The Morgan fingerprint density at radius 2 is 2.56 bits per heavy atom. The normalized spacial score (nSPS) is 30.0. The van der Waals surface area contributed by atoms with Gasteiger partial charge in [-0.2, -0.15) is 0 Å². The summed E-state index contributed by atoms with van der Waals surface area (Å²) < 4.78 is 4.67. The van der Waals surface area contributed by atoms with E-state index in [1.807, 2.05) is 0 Å². The lowest BCUT2D eigenvalue weighted by Crippen LogP contribution is -2.17. The Kier molecular flexibility index (Phi) is 1.71. The van der Waals surface area contributed by atoms with Crippen molar-refractivity contribution in [1.29, 1.82) is 0 Å². The number of rotatable bonds is 1. The fourth-order valence-electron chi connectivity index (χ4n) is 0.853. The van der Waals surface area contributed by atoms with Crippen molar-refractivity contribution in [3.05, 3.63) is 0 Å². The van der Waals surface area contributed by atoms with Crippen molar-refractivity contribution in [2.45, 2.75) is 19.4 Å². The fourth-order valence-corrected chi connectivity index (χ4v) is 0.853. The van der Waals surface area contributed by atoms with Crippen molar-refractivity contribution in [2.75, 3.05) is 6.61 Å². The summed E-state index contributed by atoms with van der Waals surface area (Å²) in [6, 6.07) is -0.170. The molecule has 1 saturated heterocycles. The number of esters is 1. The maximum absolute atomic E-state index is 10.5. The first-order valence-electron chi connectivity index (χ1n) is 3.07. The second-order valence-electron chi connectivity index (χ2n) is 2.44. The van der Waals surface area contributed by atoms with E-state index in [1.54, 1.807) is 6.92 Å². The minimum absolute atomic E-state index is 0.137. The lowest BCUT2D eigenvalue weighted by molar-refractivity contribution is -0.137. The number of cyclic esters (lactones) is 1.